The molecule has 0 atom stereocenters. The van der Waals surface area contributed by atoms with Crippen LogP contribution in [-0.2, 0) is 0 Å². The molecule has 0 amide bonds. The van der Waals surface area contributed by atoms with Crippen LogP contribution in [0.5, 0.6) is 5.75 Å². The van der Waals surface area contributed by atoms with E-state index in [9.17, 15) is 0 Å². The van der Waals surface area contributed by atoms with E-state index in [1.165, 1.54) is 10.9 Å². The van der Waals surface area contributed by atoms with Crippen LogP contribution in [0, 0.1) is 6.92 Å². The van der Waals surface area contributed by atoms with Crippen molar-refractivity contribution in [3.05, 3.63) is 67.0 Å². The first-order chi connectivity index (χ1) is 7.72. The van der Waals surface area contributed by atoms with Gasteiger partial charge in [-0.15, -0.1) is 0 Å². The van der Waals surface area contributed by atoms with Crippen LogP contribution in [0.1, 0.15) is 5.56 Å². The Morgan fingerprint density at radius 3 is 2.50 bits per heavy atom. The molecule has 0 aromatic heterocycles. The first-order valence-corrected chi connectivity index (χ1v) is 5.20. The van der Waals surface area contributed by atoms with Crippen LogP contribution < -0.4 is 4.74 Å². The van der Waals surface area contributed by atoms with Crippen LogP contribution in [0.3, 0.4) is 0 Å². The fourth-order valence-corrected chi connectivity index (χ4v) is 1.69. The lowest BCUT2D eigenvalue weighted by molar-refractivity contribution is 0.452. The molecule has 16 heavy (non-hydrogen) atoms. The summed E-state index contributed by atoms with van der Waals surface area (Å²) in [5.41, 5.74) is 1.24. The van der Waals surface area contributed by atoms with E-state index in [2.05, 4.69) is 26.1 Å². The van der Waals surface area contributed by atoms with Gasteiger partial charge in [0.2, 0.25) is 0 Å². The molecule has 2 rings (SSSR count). The van der Waals surface area contributed by atoms with Crippen LogP contribution in [0.15, 0.2) is 61.4 Å². The van der Waals surface area contributed by atoms with Gasteiger partial charge in [0.05, 0.1) is 0 Å². The average Bonchev–Trinajstić information content (AvgIpc) is 2.33. The highest BCUT2D eigenvalue weighted by molar-refractivity contribution is 5.91. The van der Waals surface area contributed by atoms with Gasteiger partial charge in [0.1, 0.15) is 11.5 Å². The molecule has 2 aromatic rings. The molecule has 0 spiro atoms. The van der Waals surface area contributed by atoms with Gasteiger partial charge in [-0.05, 0) is 30.0 Å². The predicted molar refractivity (Wildman–Crippen MR) is 68.7 cm³/mol. The second-order valence-corrected chi connectivity index (χ2v) is 3.70. The quantitative estimate of drug-likeness (QED) is 0.544. The molecule has 0 bridgehead atoms. The molecule has 0 heterocycles. The van der Waals surface area contributed by atoms with Crippen LogP contribution in [-0.4, -0.2) is 0 Å². The third kappa shape index (κ3) is 1.84. The molecule has 0 N–H and O–H groups in total. The number of ether oxygens (including phenoxy) is 1. The third-order valence-electron chi connectivity index (χ3n) is 2.57. The van der Waals surface area contributed by atoms with E-state index in [1.807, 2.05) is 30.3 Å². The summed E-state index contributed by atoms with van der Waals surface area (Å²) >= 11 is 0. The summed E-state index contributed by atoms with van der Waals surface area (Å²) in [5, 5.41) is 2.31. The van der Waals surface area contributed by atoms with Crippen LogP contribution in [0.4, 0.5) is 0 Å². The molecule has 2 aromatic carbocycles. The maximum Gasteiger partial charge on any atom is 0.135 e. The van der Waals surface area contributed by atoms with Crippen molar-refractivity contribution >= 4 is 10.8 Å². The molecule has 0 aliphatic rings. The molecule has 80 valence electrons. The normalized spacial score (nSPS) is 10.1. The van der Waals surface area contributed by atoms with Crippen molar-refractivity contribution in [3.8, 4) is 5.75 Å². The molecular weight excluding hydrogens is 196 g/mol. The standard InChI is InChI=1S/C15H14O/c1-4-12(3)16-15-10-9-11(2)13-7-5-6-8-14(13)15/h4-10H,1,3H2,2H3. The van der Waals surface area contributed by atoms with E-state index in [0.717, 1.165) is 11.1 Å². The number of hydrogen-bond donors (Lipinski definition) is 0. The maximum atomic E-state index is 5.62. The molecule has 0 unspecified atom stereocenters. The van der Waals surface area contributed by atoms with Gasteiger partial charge in [-0.25, -0.2) is 0 Å². The van der Waals surface area contributed by atoms with Crippen molar-refractivity contribution in [3.63, 3.8) is 0 Å². The summed E-state index contributed by atoms with van der Waals surface area (Å²) in [4.78, 5) is 0. The fraction of sp³-hybridized carbons (Fsp3) is 0.0667. The highest BCUT2D eigenvalue weighted by Gasteiger charge is 2.04. The molecule has 0 aliphatic carbocycles. The Kier molecular flexibility index (Phi) is 2.78. The Balaban J connectivity index is 2.58. The second kappa shape index (κ2) is 4.23. The Labute approximate surface area is 95.7 Å². The summed E-state index contributed by atoms with van der Waals surface area (Å²) in [6, 6.07) is 12.2. The van der Waals surface area contributed by atoms with Gasteiger partial charge < -0.3 is 4.74 Å². The summed E-state index contributed by atoms with van der Waals surface area (Å²) in [7, 11) is 0. The molecule has 1 heteroatoms. The van der Waals surface area contributed by atoms with Gasteiger partial charge >= 0.3 is 0 Å². The minimum Gasteiger partial charge on any atom is -0.457 e. The summed E-state index contributed by atoms with van der Waals surface area (Å²) in [5.74, 6) is 1.39. The van der Waals surface area contributed by atoms with E-state index in [0.29, 0.717) is 5.76 Å². The molecule has 0 radical (unpaired) electrons. The van der Waals surface area contributed by atoms with E-state index in [1.54, 1.807) is 6.08 Å². The summed E-state index contributed by atoms with van der Waals surface area (Å²) < 4.78 is 5.62. The van der Waals surface area contributed by atoms with E-state index in [-0.39, 0.29) is 0 Å². The van der Waals surface area contributed by atoms with E-state index in [4.69, 9.17) is 4.74 Å². The van der Waals surface area contributed by atoms with Gasteiger partial charge in [-0.2, -0.15) is 0 Å². The first kappa shape index (κ1) is 10.5. The molecule has 0 aliphatic heterocycles. The van der Waals surface area contributed by atoms with E-state index < -0.39 is 0 Å². The first-order valence-electron chi connectivity index (χ1n) is 5.20. The lowest BCUT2D eigenvalue weighted by Gasteiger charge is -2.10. The maximum absolute atomic E-state index is 5.62. The van der Waals surface area contributed by atoms with Gasteiger partial charge in [0, 0.05) is 5.39 Å². The van der Waals surface area contributed by atoms with Crippen molar-refractivity contribution in [1.82, 2.24) is 0 Å². The molecule has 0 saturated carbocycles. The zero-order chi connectivity index (χ0) is 11.5. The lowest BCUT2D eigenvalue weighted by Crippen LogP contribution is -1.91. The minimum absolute atomic E-state index is 0.564. The smallest absolute Gasteiger partial charge is 0.135 e. The zero-order valence-electron chi connectivity index (χ0n) is 9.36. The number of hydrogen-bond acceptors (Lipinski definition) is 1. The number of rotatable bonds is 3. The SMILES string of the molecule is C=CC(=C)Oc1ccc(C)c2ccccc12. The van der Waals surface area contributed by atoms with Gasteiger partial charge in [-0.3, -0.25) is 0 Å². The summed E-state index contributed by atoms with van der Waals surface area (Å²) in [6.07, 6.45) is 1.61. The Morgan fingerprint density at radius 2 is 1.81 bits per heavy atom. The monoisotopic (exact) mass is 210 g/mol. The van der Waals surface area contributed by atoms with Crippen LogP contribution in [0.2, 0.25) is 0 Å². The lowest BCUT2D eigenvalue weighted by atomic mass is 10.0. The van der Waals surface area contributed by atoms with Crippen LogP contribution in [0.25, 0.3) is 10.8 Å². The average molecular weight is 210 g/mol. The highest BCUT2D eigenvalue weighted by Crippen LogP contribution is 2.29. The summed E-state index contributed by atoms with van der Waals surface area (Å²) in [6.45, 7) is 9.48. The molecule has 0 saturated heterocycles. The van der Waals surface area contributed by atoms with Crippen molar-refractivity contribution in [1.29, 1.82) is 0 Å². The topological polar surface area (TPSA) is 9.23 Å². The zero-order valence-corrected chi connectivity index (χ0v) is 9.36. The van der Waals surface area contributed by atoms with Crippen molar-refractivity contribution in [2.24, 2.45) is 0 Å². The Bertz CT molecular complexity index is 552. The largest absolute Gasteiger partial charge is 0.457 e. The van der Waals surface area contributed by atoms with Crippen LogP contribution >= 0.6 is 0 Å². The Hall–Kier alpha value is -2.02. The molecular formula is C15H14O. The second-order valence-electron chi connectivity index (χ2n) is 3.70. The van der Waals surface area contributed by atoms with Gasteiger partial charge in [0.15, 0.2) is 0 Å². The minimum atomic E-state index is 0.564. The highest BCUT2D eigenvalue weighted by atomic mass is 16.5. The number of fused-ring (bicyclic) bond motifs is 1. The Morgan fingerprint density at radius 1 is 1.12 bits per heavy atom. The van der Waals surface area contributed by atoms with Gasteiger partial charge in [-0.1, -0.05) is 43.5 Å². The van der Waals surface area contributed by atoms with Crippen molar-refractivity contribution < 1.29 is 4.74 Å². The van der Waals surface area contributed by atoms with Crippen molar-refractivity contribution in [2.45, 2.75) is 6.92 Å². The molecule has 0 fully saturated rings. The van der Waals surface area contributed by atoms with E-state index >= 15 is 0 Å². The van der Waals surface area contributed by atoms with Gasteiger partial charge in [0.25, 0.3) is 0 Å². The fourth-order valence-electron chi connectivity index (χ4n) is 1.69. The third-order valence-corrected chi connectivity index (χ3v) is 2.57. The molecule has 1 nitrogen and oxygen atoms in total. The number of benzene rings is 2. The number of aryl methyl sites for hydroxylation is 1. The number of allylic oxidation sites excluding steroid dienone is 1. The van der Waals surface area contributed by atoms with Crippen molar-refractivity contribution in [2.75, 3.05) is 0 Å². The predicted octanol–water partition coefficient (Wildman–Crippen LogP) is 4.23.